The van der Waals surface area contributed by atoms with Crippen molar-refractivity contribution in [3.63, 3.8) is 0 Å². The summed E-state index contributed by atoms with van der Waals surface area (Å²) in [5.41, 5.74) is 7.43. The Morgan fingerprint density at radius 3 is 3.14 bits per heavy atom. The van der Waals surface area contributed by atoms with E-state index in [-0.39, 0.29) is 5.41 Å². The monoisotopic (exact) mass is 305 g/mol. The number of hydrogen-bond acceptors (Lipinski definition) is 5. The first-order valence-corrected chi connectivity index (χ1v) is 8.47. The van der Waals surface area contributed by atoms with E-state index in [1.165, 1.54) is 16.9 Å². The van der Waals surface area contributed by atoms with Crippen molar-refractivity contribution in [1.29, 1.82) is 0 Å². The molecular formula is C15H23N5S. The number of nitrogens with two attached hydrogens (primary N) is 1. The van der Waals surface area contributed by atoms with Gasteiger partial charge >= 0.3 is 0 Å². The number of nitrogens with zero attached hydrogens (tertiary/aromatic N) is 3. The molecule has 1 aliphatic rings. The third kappa shape index (κ3) is 2.82. The molecule has 3 heterocycles. The smallest absolute Gasteiger partial charge is 0.245 e. The quantitative estimate of drug-likeness (QED) is 0.911. The van der Waals surface area contributed by atoms with Gasteiger partial charge in [0.1, 0.15) is 0 Å². The van der Waals surface area contributed by atoms with Crippen LogP contribution in [0.1, 0.15) is 32.3 Å². The Morgan fingerprint density at radius 2 is 2.38 bits per heavy atom. The summed E-state index contributed by atoms with van der Waals surface area (Å²) in [5.74, 6) is 1.69. The lowest BCUT2D eigenvalue weighted by Gasteiger charge is -2.39. The van der Waals surface area contributed by atoms with Gasteiger partial charge in [-0.25, -0.2) is 0 Å². The third-order valence-corrected chi connectivity index (χ3v) is 5.34. The van der Waals surface area contributed by atoms with E-state index in [0.29, 0.717) is 6.54 Å². The van der Waals surface area contributed by atoms with Crippen LogP contribution in [-0.2, 0) is 6.42 Å². The molecule has 0 aromatic carbocycles. The van der Waals surface area contributed by atoms with Crippen LogP contribution < -0.4 is 10.6 Å². The molecule has 0 spiro atoms. The zero-order chi connectivity index (χ0) is 14.9. The Labute approximate surface area is 129 Å². The second-order valence-corrected chi connectivity index (χ2v) is 7.07. The van der Waals surface area contributed by atoms with Crippen molar-refractivity contribution in [3.05, 3.63) is 17.0 Å². The standard InChI is InChI=1S/C15H23N5S/c1-3-11-5-8-21-12(11)13-17-14(19-18-13)20-7-4-6-15(2,9-16)10-20/h5,8H,3-4,6-7,9-10,16H2,1-2H3,(H,17,18,19). The van der Waals surface area contributed by atoms with Gasteiger partial charge in [-0.15, -0.1) is 16.4 Å². The molecule has 1 fully saturated rings. The summed E-state index contributed by atoms with van der Waals surface area (Å²) in [6, 6.07) is 2.16. The van der Waals surface area contributed by atoms with Crippen LogP contribution in [-0.4, -0.2) is 34.8 Å². The Balaban J connectivity index is 1.82. The van der Waals surface area contributed by atoms with Crippen molar-refractivity contribution in [1.82, 2.24) is 15.2 Å². The van der Waals surface area contributed by atoms with E-state index in [2.05, 4.69) is 40.4 Å². The molecule has 6 heteroatoms. The lowest BCUT2D eigenvalue weighted by molar-refractivity contribution is 0.270. The van der Waals surface area contributed by atoms with E-state index in [9.17, 15) is 0 Å². The Morgan fingerprint density at radius 1 is 1.52 bits per heavy atom. The summed E-state index contributed by atoms with van der Waals surface area (Å²) in [4.78, 5) is 8.18. The normalized spacial score (nSPS) is 22.7. The number of anilines is 1. The van der Waals surface area contributed by atoms with Gasteiger partial charge in [0.05, 0.1) is 4.88 Å². The minimum atomic E-state index is 0.177. The van der Waals surface area contributed by atoms with Crippen LogP contribution in [0, 0.1) is 5.41 Å². The van der Waals surface area contributed by atoms with Gasteiger partial charge in [-0.2, -0.15) is 4.98 Å². The fourth-order valence-electron chi connectivity index (χ4n) is 2.97. The average Bonchev–Trinajstić information content (AvgIpc) is 3.15. The van der Waals surface area contributed by atoms with Gasteiger partial charge in [0, 0.05) is 13.1 Å². The van der Waals surface area contributed by atoms with Gasteiger partial charge < -0.3 is 10.6 Å². The third-order valence-electron chi connectivity index (χ3n) is 4.37. The molecule has 0 radical (unpaired) electrons. The molecule has 2 aromatic heterocycles. The SMILES string of the molecule is CCc1ccsc1-c1nc(N2CCCC(C)(CN)C2)n[nH]1. The van der Waals surface area contributed by atoms with E-state index in [4.69, 9.17) is 10.7 Å². The van der Waals surface area contributed by atoms with Crippen LogP contribution >= 0.6 is 11.3 Å². The minimum Gasteiger partial charge on any atom is -0.339 e. The number of nitrogens with one attached hydrogen (secondary N) is 1. The highest BCUT2D eigenvalue weighted by Crippen LogP contribution is 2.32. The lowest BCUT2D eigenvalue weighted by Crippen LogP contribution is -2.46. The number of H-pyrrole nitrogens is 1. The summed E-state index contributed by atoms with van der Waals surface area (Å²) >= 11 is 1.72. The molecule has 5 nitrogen and oxygen atoms in total. The highest BCUT2D eigenvalue weighted by atomic mass is 32.1. The molecule has 0 amide bonds. The largest absolute Gasteiger partial charge is 0.339 e. The summed E-state index contributed by atoms with van der Waals surface area (Å²) in [6.45, 7) is 7.08. The molecule has 2 aromatic rings. The van der Waals surface area contributed by atoms with E-state index < -0.39 is 0 Å². The van der Waals surface area contributed by atoms with Crippen molar-refractivity contribution >= 4 is 17.3 Å². The molecule has 1 aliphatic heterocycles. The maximum absolute atomic E-state index is 5.92. The molecule has 21 heavy (non-hydrogen) atoms. The van der Waals surface area contributed by atoms with Crippen LogP contribution in [0.4, 0.5) is 5.95 Å². The molecule has 1 unspecified atom stereocenters. The van der Waals surface area contributed by atoms with Crippen LogP contribution in [0.5, 0.6) is 0 Å². The topological polar surface area (TPSA) is 70.8 Å². The summed E-state index contributed by atoms with van der Waals surface area (Å²) in [7, 11) is 0. The maximum Gasteiger partial charge on any atom is 0.245 e. The lowest BCUT2D eigenvalue weighted by atomic mass is 9.82. The number of hydrogen-bond donors (Lipinski definition) is 2. The zero-order valence-corrected chi connectivity index (χ0v) is 13.5. The van der Waals surface area contributed by atoms with Gasteiger partial charge in [0.15, 0.2) is 5.82 Å². The first-order valence-electron chi connectivity index (χ1n) is 7.59. The van der Waals surface area contributed by atoms with Gasteiger partial charge in [0.2, 0.25) is 5.95 Å². The van der Waals surface area contributed by atoms with Gasteiger partial charge in [-0.05, 0) is 48.2 Å². The van der Waals surface area contributed by atoms with E-state index >= 15 is 0 Å². The predicted molar refractivity (Wildman–Crippen MR) is 87.7 cm³/mol. The van der Waals surface area contributed by atoms with E-state index in [0.717, 1.165) is 37.7 Å². The number of aromatic nitrogens is 3. The minimum absolute atomic E-state index is 0.177. The van der Waals surface area contributed by atoms with Crippen molar-refractivity contribution < 1.29 is 0 Å². The van der Waals surface area contributed by atoms with Crippen molar-refractivity contribution in [2.75, 3.05) is 24.5 Å². The number of piperidine rings is 1. The maximum atomic E-state index is 5.92. The Kier molecular flexibility index (Phi) is 3.99. The fourth-order valence-corrected chi connectivity index (χ4v) is 3.91. The van der Waals surface area contributed by atoms with Crippen LogP contribution in [0.2, 0.25) is 0 Å². The van der Waals surface area contributed by atoms with Gasteiger partial charge in [0.25, 0.3) is 0 Å². The summed E-state index contributed by atoms with van der Waals surface area (Å²) < 4.78 is 0. The average molecular weight is 305 g/mol. The first-order chi connectivity index (χ1) is 10.1. The van der Waals surface area contributed by atoms with E-state index in [1.807, 2.05) is 0 Å². The highest BCUT2D eigenvalue weighted by Gasteiger charge is 2.31. The second-order valence-electron chi connectivity index (χ2n) is 6.15. The molecule has 1 atom stereocenters. The highest BCUT2D eigenvalue weighted by molar-refractivity contribution is 7.13. The summed E-state index contributed by atoms with van der Waals surface area (Å²) in [6.07, 6.45) is 3.35. The van der Waals surface area contributed by atoms with Crippen LogP contribution in [0.25, 0.3) is 10.7 Å². The number of aromatic amines is 1. The number of aryl methyl sites for hydroxylation is 1. The fraction of sp³-hybridized carbons (Fsp3) is 0.600. The van der Waals surface area contributed by atoms with Crippen molar-refractivity contribution in [3.8, 4) is 10.7 Å². The van der Waals surface area contributed by atoms with Crippen molar-refractivity contribution in [2.45, 2.75) is 33.1 Å². The molecular weight excluding hydrogens is 282 g/mol. The van der Waals surface area contributed by atoms with Crippen molar-refractivity contribution in [2.24, 2.45) is 11.1 Å². The number of rotatable bonds is 4. The zero-order valence-electron chi connectivity index (χ0n) is 12.7. The van der Waals surface area contributed by atoms with E-state index in [1.54, 1.807) is 11.3 Å². The molecule has 3 rings (SSSR count). The number of thiophene rings is 1. The van der Waals surface area contributed by atoms with Crippen LogP contribution in [0.3, 0.4) is 0 Å². The Bertz CT molecular complexity index is 605. The molecule has 114 valence electrons. The van der Waals surface area contributed by atoms with Gasteiger partial charge in [-0.3, -0.25) is 5.10 Å². The molecule has 0 bridgehead atoms. The predicted octanol–water partition coefficient (Wildman–Crippen LogP) is 2.66. The van der Waals surface area contributed by atoms with Gasteiger partial charge in [-0.1, -0.05) is 13.8 Å². The van der Waals surface area contributed by atoms with Crippen LogP contribution in [0.15, 0.2) is 11.4 Å². The molecule has 0 aliphatic carbocycles. The molecule has 1 saturated heterocycles. The molecule has 0 saturated carbocycles. The summed E-state index contributed by atoms with van der Waals surface area (Å²) in [5, 5.41) is 9.64. The first kappa shape index (κ1) is 14.5. The Hall–Kier alpha value is -1.40. The second kappa shape index (κ2) is 5.77. The molecule has 3 N–H and O–H groups in total.